The number of imidazole rings is 1. The van der Waals surface area contributed by atoms with Crippen LogP contribution in [-0.4, -0.2) is 20.4 Å². The Hall–Kier alpha value is -1.75. The highest BCUT2D eigenvalue weighted by molar-refractivity contribution is 5.79. The second-order valence-corrected chi connectivity index (χ2v) is 10.1. The Bertz CT molecular complexity index is 915. The van der Waals surface area contributed by atoms with Gasteiger partial charge in [0.25, 0.3) is 0 Å². The van der Waals surface area contributed by atoms with Gasteiger partial charge >= 0.3 is 0 Å². The van der Waals surface area contributed by atoms with Crippen LogP contribution in [0.15, 0.2) is 12.1 Å². The summed E-state index contributed by atoms with van der Waals surface area (Å²) < 4.78 is 16.4. The molecule has 0 aliphatic heterocycles. The van der Waals surface area contributed by atoms with Crippen molar-refractivity contribution in [3.63, 3.8) is 0 Å². The van der Waals surface area contributed by atoms with Crippen molar-refractivity contribution in [2.75, 3.05) is 0 Å². The van der Waals surface area contributed by atoms with E-state index in [0.29, 0.717) is 22.3 Å². The average molecular weight is 403 g/mol. The standard InChI is InChI=1S/C16H21FN2O.C8H14O/c1-10-18-14-12(17)8-11(15(2,3)20)9-13(14)19(10)16(4)6-5-7-16;1-3-7(9)6-8(2)4-5-8/h8-9,20H,5-7H2,1-4H3;3-6H2,1-2H3. The predicted octanol–water partition coefficient (Wildman–Crippen LogP) is 5.77. The number of hydrogen-bond donors (Lipinski definition) is 1. The highest BCUT2D eigenvalue weighted by Crippen LogP contribution is 2.48. The number of carbonyl (C=O) groups is 1. The lowest BCUT2D eigenvalue weighted by Crippen LogP contribution is -2.37. The third kappa shape index (κ3) is 4.55. The number of aryl methyl sites for hydroxylation is 1. The molecular formula is C24H35FN2O2. The molecule has 1 aromatic heterocycles. The van der Waals surface area contributed by atoms with Crippen LogP contribution in [0.3, 0.4) is 0 Å². The van der Waals surface area contributed by atoms with Crippen molar-refractivity contribution in [3.05, 3.63) is 29.3 Å². The zero-order valence-electron chi connectivity index (χ0n) is 18.7. The fourth-order valence-electron chi connectivity index (χ4n) is 4.19. The first-order valence-electron chi connectivity index (χ1n) is 10.8. The van der Waals surface area contributed by atoms with E-state index in [1.54, 1.807) is 13.8 Å². The van der Waals surface area contributed by atoms with E-state index in [4.69, 9.17) is 0 Å². The predicted molar refractivity (Wildman–Crippen MR) is 114 cm³/mol. The summed E-state index contributed by atoms with van der Waals surface area (Å²) in [5, 5.41) is 10.1. The van der Waals surface area contributed by atoms with Crippen molar-refractivity contribution in [1.29, 1.82) is 0 Å². The smallest absolute Gasteiger partial charge is 0.151 e. The van der Waals surface area contributed by atoms with Gasteiger partial charge in [-0.1, -0.05) is 13.8 Å². The van der Waals surface area contributed by atoms with Crippen LogP contribution < -0.4 is 0 Å². The van der Waals surface area contributed by atoms with Crippen LogP contribution in [0.1, 0.15) is 91.0 Å². The van der Waals surface area contributed by atoms with Crippen LogP contribution in [0.25, 0.3) is 11.0 Å². The van der Waals surface area contributed by atoms with Gasteiger partial charge < -0.3 is 9.67 Å². The van der Waals surface area contributed by atoms with Crippen LogP contribution in [0.2, 0.25) is 0 Å². The second kappa shape index (κ2) is 7.50. The molecule has 0 spiro atoms. The average Bonchev–Trinajstić information content (AvgIpc) is 3.21. The minimum absolute atomic E-state index is 0.0312. The van der Waals surface area contributed by atoms with E-state index in [1.165, 1.54) is 25.3 Å². The number of carbonyl (C=O) groups excluding carboxylic acids is 1. The molecule has 4 rings (SSSR count). The fourth-order valence-corrected chi connectivity index (χ4v) is 4.19. The molecule has 0 radical (unpaired) electrons. The zero-order chi connectivity index (χ0) is 21.6. The topological polar surface area (TPSA) is 55.1 Å². The van der Waals surface area contributed by atoms with Crippen LogP contribution >= 0.6 is 0 Å². The molecule has 0 amide bonds. The van der Waals surface area contributed by atoms with E-state index in [2.05, 4.69) is 23.4 Å². The third-order valence-corrected chi connectivity index (χ3v) is 6.68. The van der Waals surface area contributed by atoms with E-state index >= 15 is 0 Å². The quantitative estimate of drug-likeness (QED) is 0.691. The number of ketones is 1. The highest BCUT2D eigenvalue weighted by Gasteiger charge is 2.38. The molecule has 2 saturated carbocycles. The summed E-state index contributed by atoms with van der Waals surface area (Å²) in [6.07, 6.45) is 7.45. The molecule has 2 fully saturated rings. The molecule has 0 atom stereocenters. The number of Topliss-reactive ketones (excluding diaryl/α,β-unsaturated/α-hetero) is 1. The minimum Gasteiger partial charge on any atom is -0.386 e. The summed E-state index contributed by atoms with van der Waals surface area (Å²) in [5.74, 6) is 0.911. The number of aliphatic hydroxyl groups is 1. The van der Waals surface area contributed by atoms with Crippen molar-refractivity contribution in [3.8, 4) is 0 Å². The van der Waals surface area contributed by atoms with Crippen molar-refractivity contribution < 1.29 is 14.3 Å². The molecule has 5 heteroatoms. The Morgan fingerprint density at radius 3 is 2.31 bits per heavy atom. The Balaban J connectivity index is 0.000000224. The number of fused-ring (bicyclic) bond motifs is 1. The van der Waals surface area contributed by atoms with Gasteiger partial charge in [-0.2, -0.15) is 0 Å². The van der Waals surface area contributed by atoms with E-state index in [0.717, 1.165) is 37.0 Å². The molecule has 1 N–H and O–H groups in total. The van der Waals surface area contributed by atoms with Crippen LogP contribution in [0.5, 0.6) is 0 Å². The molecule has 160 valence electrons. The lowest BCUT2D eigenvalue weighted by atomic mass is 9.78. The molecule has 2 aliphatic rings. The molecule has 0 unspecified atom stereocenters. The molecule has 0 bridgehead atoms. The van der Waals surface area contributed by atoms with Gasteiger partial charge in [-0.05, 0) is 82.9 Å². The van der Waals surface area contributed by atoms with E-state index in [1.807, 2.05) is 19.9 Å². The summed E-state index contributed by atoms with van der Waals surface area (Å²) in [5.41, 5.74) is 1.19. The maximum Gasteiger partial charge on any atom is 0.151 e. The first-order chi connectivity index (χ1) is 13.4. The Kier molecular flexibility index (Phi) is 5.67. The fraction of sp³-hybridized carbons (Fsp3) is 0.667. The summed E-state index contributed by atoms with van der Waals surface area (Å²) in [7, 11) is 0. The second-order valence-electron chi connectivity index (χ2n) is 10.1. The van der Waals surface area contributed by atoms with Crippen LogP contribution in [0.4, 0.5) is 4.39 Å². The normalized spacial score (nSPS) is 19.3. The molecule has 1 aromatic carbocycles. The zero-order valence-corrected chi connectivity index (χ0v) is 18.7. The van der Waals surface area contributed by atoms with E-state index in [9.17, 15) is 14.3 Å². The van der Waals surface area contributed by atoms with Gasteiger partial charge in [0.05, 0.1) is 11.1 Å². The SMILES string of the molecule is CCC(=O)CC1(C)CC1.Cc1nc2c(F)cc(C(C)(C)O)cc2n1C1(C)CCC1. The largest absolute Gasteiger partial charge is 0.386 e. The highest BCUT2D eigenvalue weighted by atomic mass is 19.1. The Labute approximate surface area is 173 Å². The molecule has 29 heavy (non-hydrogen) atoms. The van der Waals surface area contributed by atoms with E-state index < -0.39 is 5.60 Å². The molecule has 1 heterocycles. The molecule has 0 saturated heterocycles. The first-order valence-corrected chi connectivity index (χ1v) is 10.8. The van der Waals surface area contributed by atoms with Crippen molar-refractivity contribution in [2.24, 2.45) is 5.41 Å². The summed E-state index contributed by atoms with van der Waals surface area (Å²) in [6, 6.07) is 3.27. The number of hydrogen-bond acceptors (Lipinski definition) is 3. The monoisotopic (exact) mass is 402 g/mol. The van der Waals surface area contributed by atoms with Gasteiger partial charge in [-0.25, -0.2) is 9.37 Å². The van der Waals surface area contributed by atoms with Crippen LogP contribution in [-0.2, 0) is 15.9 Å². The van der Waals surface area contributed by atoms with Gasteiger partial charge in [-0.3, -0.25) is 4.79 Å². The van der Waals surface area contributed by atoms with Gasteiger partial charge in [0.15, 0.2) is 5.82 Å². The molecule has 2 aromatic rings. The van der Waals surface area contributed by atoms with E-state index in [-0.39, 0.29) is 11.4 Å². The van der Waals surface area contributed by atoms with Gasteiger partial charge in [0, 0.05) is 18.4 Å². The summed E-state index contributed by atoms with van der Waals surface area (Å²) in [6.45, 7) is 11.6. The summed E-state index contributed by atoms with van der Waals surface area (Å²) >= 11 is 0. The Morgan fingerprint density at radius 2 is 1.86 bits per heavy atom. The van der Waals surface area contributed by atoms with Crippen LogP contribution in [0, 0.1) is 18.2 Å². The van der Waals surface area contributed by atoms with Crippen molar-refractivity contribution in [1.82, 2.24) is 9.55 Å². The summed E-state index contributed by atoms with van der Waals surface area (Å²) in [4.78, 5) is 15.3. The van der Waals surface area contributed by atoms with Gasteiger partial charge in [0.2, 0.25) is 0 Å². The lowest BCUT2D eigenvalue weighted by molar-refractivity contribution is -0.119. The van der Waals surface area contributed by atoms with Crippen molar-refractivity contribution in [2.45, 2.75) is 97.6 Å². The first kappa shape index (κ1) is 21.9. The maximum absolute atomic E-state index is 14.3. The number of halogens is 1. The Morgan fingerprint density at radius 1 is 1.24 bits per heavy atom. The molecular weight excluding hydrogens is 367 g/mol. The van der Waals surface area contributed by atoms with Gasteiger partial charge in [-0.15, -0.1) is 0 Å². The maximum atomic E-state index is 14.3. The minimum atomic E-state index is -1.06. The third-order valence-electron chi connectivity index (χ3n) is 6.68. The van der Waals surface area contributed by atoms with Crippen molar-refractivity contribution >= 4 is 16.8 Å². The number of aromatic nitrogens is 2. The van der Waals surface area contributed by atoms with Gasteiger partial charge in [0.1, 0.15) is 17.1 Å². The molecule has 4 nitrogen and oxygen atoms in total. The number of nitrogens with zero attached hydrogens (tertiary/aromatic N) is 2. The number of rotatable bonds is 5. The molecule has 2 aliphatic carbocycles. The number of benzene rings is 1. The lowest BCUT2D eigenvalue weighted by Gasteiger charge is -2.41.